The molecular weight excluding hydrogens is 384 g/mol. The Labute approximate surface area is 174 Å². The van der Waals surface area contributed by atoms with E-state index in [1.807, 2.05) is 25.1 Å². The van der Waals surface area contributed by atoms with Gasteiger partial charge in [-0.3, -0.25) is 4.99 Å². The van der Waals surface area contributed by atoms with E-state index in [0.717, 1.165) is 49.4 Å². The number of nitrogens with two attached hydrogens (primary N) is 1. The van der Waals surface area contributed by atoms with E-state index in [2.05, 4.69) is 0 Å². The van der Waals surface area contributed by atoms with Gasteiger partial charge < -0.3 is 10.5 Å². The highest BCUT2D eigenvalue weighted by atomic mass is 19.1. The highest BCUT2D eigenvalue weighted by Gasteiger charge is 2.60. The fourth-order valence-corrected chi connectivity index (χ4v) is 5.56. The molecule has 0 saturated heterocycles. The molecule has 3 aliphatic rings. The number of rotatable bonds is 2. The molecule has 0 bridgehead atoms. The van der Waals surface area contributed by atoms with Crippen molar-refractivity contribution in [2.24, 2.45) is 21.1 Å². The molecule has 2 spiro atoms. The third kappa shape index (κ3) is 2.66. The third-order valence-electron chi connectivity index (χ3n) is 7.20. The second-order valence-electron chi connectivity index (χ2n) is 8.75. The number of nitrogens with zero attached hydrogens (tertiary/aromatic N) is 2. The SMILES string of the molecule is COC1CCC2(CC1)Cc1ccc(-c3ccc(F)cc3F)cc1[C@@]21N=C(C)C(N)=N1. The van der Waals surface area contributed by atoms with Crippen LogP contribution >= 0.6 is 0 Å². The molecule has 6 heteroatoms. The molecule has 2 N–H and O–H groups in total. The summed E-state index contributed by atoms with van der Waals surface area (Å²) in [7, 11) is 1.76. The Morgan fingerprint density at radius 1 is 1.07 bits per heavy atom. The van der Waals surface area contributed by atoms with Crippen LogP contribution in [0.2, 0.25) is 0 Å². The van der Waals surface area contributed by atoms with Crippen molar-refractivity contribution in [2.45, 2.75) is 50.8 Å². The van der Waals surface area contributed by atoms with Gasteiger partial charge in [0.15, 0.2) is 5.66 Å². The molecule has 156 valence electrons. The largest absolute Gasteiger partial charge is 0.382 e. The molecule has 30 heavy (non-hydrogen) atoms. The lowest BCUT2D eigenvalue weighted by atomic mass is 9.65. The average molecular weight is 409 g/mol. The second kappa shape index (κ2) is 6.71. The summed E-state index contributed by atoms with van der Waals surface area (Å²) in [5.74, 6) is -0.697. The van der Waals surface area contributed by atoms with Crippen molar-refractivity contribution < 1.29 is 13.5 Å². The van der Waals surface area contributed by atoms with Gasteiger partial charge >= 0.3 is 0 Å². The van der Waals surface area contributed by atoms with Crippen molar-refractivity contribution in [1.29, 1.82) is 0 Å². The predicted octanol–water partition coefficient (Wildman–Crippen LogP) is 4.75. The monoisotopic (exact) mass is 409 g/mol. The van der Waals surface area contributed by atoms with Crippen molar-refractivity contribution in [1.82, 2.24) is 0 Å². The lowest BCUT2D eigenvalue weighted by Gasteiger charge is -2.44. The molecule has 2 aliphatic carbocycles. The maximum Gasteiger partial charge on any atom is 0.184 e. The van der Waals surface area contributed by atoms with E-state index >= 15 is 0 Å². The number of ether oxygens (including phenoxy) is 1. The minimum atomic E-state index is -0.776. The number of benzene rings is 2. The molecular formula is C24H25F2N3O. The summed E-state index contributed by atoms with van der Waals surface area (Å²) in [5, 5.41) is 0. The Morgan fingerprint density at radius 3 is 2.47 bits per heavy atom. The van der Waals surface area contributed by atoms with Crippen LogP contribution in [0.4, 0.5) is 8.78 Å². The highest BCUT2D eigenvalue weighted by Crippen LogP contribution is 2.62. The molecule has 0 amide bonds. The Hall–Kier alpha value is -2.60. The summed E-state index contributed by atoms with van der Waals surface area (Å²) >= 11 is 0. The normalized spacial score (nSPS) is 29.9. The van der Waals surface area contributed by atoms with Gasteiger partial charge in [0.2, 0.25) is 0 Å². The molecule has 2 aromatic rings. The van der Waals surface area contributed by atoms with Crippen LogP contribution in [0.15, 0.2) is 46.4 Å². The van der Waals surface area contributed by atoms with Crippen LogP contribution in [0, 0.1) is 17.0 Å². The minimum absolute atomic E-state index is 0.160. The van der Waals surface area contributed by atoms with Crippen molar-refractivity contribution in [3.8, 4) is 11.1 Å². The number of hydrogen-bond acceptors (Lipinski definition) is 4. The van der Waals surface area contributed by atoms with Crippen LogP contribution in [-0.2, 0) is 16.8 Å². The van der Waals surface area contributed by atoms with E-state index in [4.69, 9.17) is 20.5 Å². The maximum atomic E-state index is 14.5. The van der Waals surface area contributed by atoms with Gasteiger partial charge in [-0.15, -0.1) is 0 Å². The van der Waals surface area contributed by atoms with Crippen molar-refractivity contribution in [3.05, 3.63) is 59.2 Å². The molecule has 1 saturated carbocycles. The number of aliphatic imine (C=N–C) groups is 2. The van der Waals surface area contributed by atoms with Gasteiger partial charge in [-0.25, -0.2) is 13.8 Å². The zero-order chi connectivity index (χ0) is 21.1. The molecule has 0 radical (unpaired) electrons. The zero-order valence-corrected chi connectivity index (χ0v) is 17.2. The summed E-state index contributed by atoms with van der Waals surface area (Å²) in [4.78, 5) is 9.97. The molecule has 1 atom stereocenters. The highest BCUT2D eigenvalue weighted by molar-refractivity contribution is 6.41. The van der Waals surface area contributed by atoms with E-state index in [1.165, 1.54) is 17.7 Å². The first-order chi connectivity index (χ1) is 14.4. The second-order valence-corrected chi connectivity index (χ2v) is 8.75. The smallest absolute Gasteiger partial charge is 0.184 e. The molecule has 4 nitrogen and oxygen atoms in total. The summed E-state index contributed by atoms with van der Waals surface area (Å²) in [6.45, 7) is 1.89. The third-order valence-corrected chi connectivity index (χ3v) is 7.20. The first kappa shape index (κ1) is 19.4. The van der Waals surface area contributed by atoms with Crippen LogP contribution in [0.5, 0.6) is 0 Å². The lowest BCUT2D eigenvalue weighted by Crippen LogP contribution is -2.43. The number of hydrogen-bond donors (Lipinski definition) is 1. The first-order valence-corrected chi connectivity index (χ1v) is 10.4. The standard InChI is InChI=1S/C24H25F2N3O/c1-14-22(27)29-24(28-14)20-11-15(19-6-5-17(25)12-21(19)26)3-4-16(20)13-23(24)9-7-18(30-2)8-10-23/h3-6,11-12,18H,7-10,13H2,1-2H3,(H2,27,29)/t18?,23?,24-/m0/s1. The van der Waals surface area contributed by atoms with Crippen LogP contribution in [0.3, 0.4) is 0 Å². The van der Waals surface area contributed by atoms with E-state index in [9.17, 15) is 8.78 Å². The molecule has 0 unspecified atom stereocenters. The lowest BCUT2D eigenvalue weighted by molar-refractivity contribution is -0.000372. The first-order valence-electron chi connectivity index (χ1n) is 10.4. The van der Waals surface area contributed by atoms with Gasteiger partial charge in [0.1, 0.15) is 17.5 Å². The quantitative estimate of drug-likeness (QED) is 0.778. The van der Waals surface area contributed by atoms with Crippen LogP contribution in [0.1, 0.15) is 43.7 Å². The average Bonchev–Trinajstić information content (AvgIpc) is 3.16. The van der Waals surface area contributed by atoms with E-state index in [1.54, 1.807) is 7.11 Å². The van der Waals surface area contributed by atoms with Gasteiger partial charge in [-0.05, 0) is 68.4 Å². The van der Waals surface area contributed by atoms with E-state index in [-0.39, 0.29) is 11.5 Å². The summed E-state index contributed by atoms with van der Waals surface area (Å²) in [6.07, 6.45) is 4.90. The van der Waals surface area contributed by atoms with Gasteiger partial charge in [-0.1, -0.05) is 12.1 Å². The number of methoxy groups -OCH3 is 1. The van der Waals surface area contributed by atoms with E-state index in [0.29, 0.717) is 17.0 Å². The Balaban J connectivity index is 1.65. The number of amidine groups is 1. The van der Waals surface area contributed by atoms with Crippen molar-refractivity contribution in [2.75, 3.05) is 7.11 Å². The van der Waals surface area contributed by atoms with Gasteiger partial charge in [0.25, 0.3) is 0 Å². The molecule has 0 aromatic heterocycles. The Bertz CT molecular complexity index is 1070. The van der Waals surface area contributed by atoms with Gasteiger partial charge in [0, 0.05) is 29.7 Å². The van der Waals surface area contributed by atoms with E-state index < -0.39 is 17.3 Å². The molecule has 1 heterocycles. The summed E-state index contributed by atoms with van der Waals surface area (Å²) in [5.41, 5.74) is 9.25. The van der Waals surface area contributed by atoms with Crippen molar-refractivity contribution in [3.63, 3.8) is 0 Å². The molecule has 5 rings (SSSR count). The maximum absolute atomic E-state index is 14.5. The van der Waals surface area contributed by atoms with Crippen LogP contribution in [-0.4, -0.2) is 24.8 Å². The fourth-order valence-electron chi connectivity index (χ4n) is 5.56. The summed E-state index contributed by atoms with van der Waals surface area (Å²) in [6, 6.07) is 9.60. The number of halogens is 2. The minimum Gasteiger partial charge on any atom is -0.382 e. The number of fused-ring (bicyclic) bond motifs is 3. The topological polar surface area (TPSA) is 60.0 Å². The molecule has 1 fully saturated rings. The Morgan fingerprint density at radius 2 is 1.83 bits per heavy atom. The Kier molecular flexibility index (Phi) is 4.33. The zero-order valence-electron chi connectivity index (χ0n) is 17.2. The van der Waals surface area contributed by atoms with Crippen LogP contribution < -0.4 is 5.73 Å². The van der Waals surface area contributed by atoms with Gasteiger partial charge in [0.05, 0.1) is 11.8 Å². The summed E-state index contributed by atoms with van der Waals surface area (Å²) < 4.78 is 33.5. The predicted molar refractivity (Wildman–Crippen MR) is 114 cm³/mol. The molecule has 2 aromatic carbocycles. The van der Waals surface area contributed by atoms with Crippen molar-refractivity contribution >= 4 is 11.5 Å². The van der Waals surface area contributed by atoms with Crippen LogP contribution in [0.25, 0.3) is 11.1 Å². The van der Waals surface area contributed by atoms with Gasteiger partial charge in [-0.2, -0.15) is 0 Å². The fraction of sp³-hybridized carbons (Fsp3) is 0.417. The molecule has 1 aliphatic heterocycles.